The second kappa shape index (κ2) is 30.9. The summed E-state index contributed by atoms with van der Waals surface area (Å²) >= 11 is 0. The molecule has 0 spiro atoms. The summed E-state index contributed by atoms with van der Waals surface area (Å²) < 4.78 is 24.2. The Morgan fingerprint density at radius 2 is 1.26 bits per heavy atom. The lowest BCUT2D eigenvalue weighted by Crippen LogP contribution is -2.37. The molecule has 1 aliphatic heterocycles. The van der Waals surface area contributed by atoms with Crippen molar-refractivity contribution in [3.05, 3.63) is 57.6 Å². The fourth-order valence-electron chi connectivity index (χ4n) is 9.63. The van der Waals surface area contributed by atoms with Gasteiger partial charge in [-0.15, -0.1) is 0 Å². The molecule has 4 atom stereocenters. The maximum absolute atomic E-state index is 13.3. The molecule has 9 nitrogen and oxygen atoms in total. The summed E-state index contributed by atoms with van der Waals surface area (Å²) in [7, 11) is 3.92. The molecule has 1 amide bonds. The maximum Gasteiger partial charge on any atom is 0.409 e. The van der Waals surface area contributed by atoms with E-state index in [0.717, 1.165) is 110 Å². The molecule has 9 heteroatoms. The van der Waals surface area contributed by atoms with E-state index < -0.39 is 0 Å². The summed E-state index contributed by atoms with van der Waals surface area (Å²) in [5.41, 5.74) is 6.32. The number of likely N-dealkylation sites (N-methyl/N-ethyl adjacent to an activating group) is 1. The Labute approximate surface area is 415 Å². The molecular formula is C59H98N2O7. The van der Waals surface area contributed by atoms with Crippen LogP contribution in [0.2, 0.25) is 0 Å². The number of benzene rings is 2. The molecule has 2 aromatic carbocycles. The fraction of sp³-hybridized carbons (Fsp3) is 0.746. The number of hydrogen-bond donors (Lipinski definition) is 0. The smallest absolute Gasteiger partial charge is 0.409 e. The van der Waals surface area contributed by atoms with Crippen LogP contribution >= 0.6 is 0 Å². The van der Waals surface area contributed by atoms with Crippen molar-refractivity contribution in [3.63, 3.8) is 0 Å². The van der Waals surface area contributed by atoms with Crippen LogP contribution in [0.15, 0.2) is 24.3 Å². The monoisotopic (exact) mass is 947 g/mol. The van der Waals surface area contributed by atoms with Crippen LogP contribution in [-0.4, -0.2) is 80.4 Å². The predicted molar refractivity (Wildman–Crippen MR) is 281 cm³/mol. The summed E-state index contributed by atoms with van der Waals surface area (Å²) in [5, 5.41) is 0. The van der Waals surface area contributed by atoms with Crippen LogP contribution in [-0.2, 0) is 31.9 Å². The van der Waals surface area contributed by atoms with Gasteiger partial charge in [0.2, 0.25) is 0 Å². The number of carbonyl (C=O) groups is 3. The molecule has 68 heavy (non-hydrogen) atoms. The Balaban J connectivity index is 1.40. The number of nitrogens with zero attached hydrogens (tertiary/aromatic N) is 2. The number of unbranched alkanes of at least 4 members (excludes halogenated alkanes) is 5. The predicted octanol–water partition coefficient (Wildman–Crippen LogP) is 14.7. The normalized spacial score (nSPS) is 16.1. The van der Waals surface area contributed by atoms with E-state index >= 15 is 0 Å². The van der Waals surface area contributed by atoms with E-state index in [4.69, 9.17) is 18.9 Å². The number of rotatable bonds is 33. The molecule has 0 aromatic heterocycles. The van der Waals surface area contributed by atoms with Crippen molar-refractivity contribution in [1.82, 2.24) is 9.80 Å². The molecule has 0 aliphatic carbocycles. The van der Waals surface area contributed by atoms with E-state index in [1.807, 2.05) is 45.0 Å². The van der Waals surface area contributed by atoms with Gasteiger partial charge in [0, 0.05) is 31.6 Å². The van der Waals surface area contributed by atoms with Crippen molar-refractivity contribution in [2.24, 2.45) is 23.7 Å². The number of carbonyl (C=O) groups excluding carboxylic acids is 3. The Morgan fingerprint density at radius 1 is 0.662 bits per heavy atom. The largest absolute Gasteiger partial charge is 0.487 e. The number of ether oxygens (including phenoxy) is 4. The molecule has 3 rings (SSSR count). The fourth-order valence-corrected chi connectivity index (χ4v) is 9.63. The Morgan fingerprint density at radius 3 is 1.88 bits per heavy atom. The minimum atomic E-state index is -0.299. The van der Waals surface area contributed by atoms with Crippen molar-refractivity contribution >= 4 is 18.0 Å². The molecule has 4 unspecified atom stereocenters. The van der Waals surface area contributed by atoms with Crippen molar-refractivity contribution in [2.75, 3.05) is 46.9 Å². The minimum Gasteiger partial charge on any atom is -0.487 e. The molecule has 0 saturated heterocycles. The van der Waals surface area contributed by atoms with Gasteiger partial charge in [-0.2, -0.15) is 0 Å². The van der Waals surface area contributed by atoms with Gasteiger partial charge in [0.25, 0.3) is 0 Å². The molecule has 0 radical (unpaired) electrons. The third-order valence-electron chi connectivity index (χ3n) is 14.4. The van der Waals surface area contributed by atoms with E-state index in [0.29, 0.717) is 57.4 Å². The van der Waals surface area contributed by atoms with Gasteiger partial charge in [-0.25, -0.2) is 4.79 Å². The molecule has 0 fully saturated rings. The first-order chi connectivity index (χ1) is 32.3. The van der Waals surface area contributed by atoms with Crippen LogP contribution < -0.4 is 9.47 Å². The zero-order chi connectivity index (χ0) is 50.2. The minimum absolute atomic E-state index is 0.184. The highest BCUT2D eigenvalue weighted by molar-refractivity contribution is 5.77. The molecule has 2 aromatic rings. The summed E-state index contributed by atoms with van der Waals surface area (Å²) in [4.78, 5) is 42.9. The van der Waals surface area contributed by atoms with Crippen molar-refractivity contribution in [2.45, 2.75) is 216 Å². The van der Waals surface area contributed by atoms with E-state index in [-0.39, 0.29) is 29.6 Å². The Hall–Kier alpha value is -3.59. The summed E-state index contributed by atoms with van der Waals surface area (Å²) in [6, 6.07) is 8.30. The third-order valence-corrected chi connectivity index (χ3v) is 14.4. The summed E-state index contributed by atoms with van der Waals surface area (Å²) in [5.74, 6) is 3.95. The average molecular weight is 947 g/mol. The molecular weight excluding hydrogens is 849 g/mol. The van der Waals surface area contributed by atoms with Crippen molar-refractivity contribution in [1.29, 1.82) is 0 Å². The zero-order valence-electron chi connectivity index (χ0n) is 45.6. The molecule has 0 saturated carbocycles. The van der Waals surface area contributed by atoms with Gasteiger partial charge in [0.1, 0.15) is 23.7 Å². The molecule has 0 bridgehead atoms. The van der Waals surface area contributed by atoms with Crippen LogP contribution in [0, 0.1) is 44.4 Å². The van der Waals surface area contributed by atoms with Gasteiger partial charge < -0.3 is 28.7 Å². The molecule has 1 heterocycles. The number of esters is 2. The first kappa shape index (κ1) is 58.7. The van der Waals surface area contributed by atoms with E-state index in [1.165, 1.54) is 62.5 Å². The molecule has 1 aliphatic rings. The lowest BCUT2D eigenvalue weighted by atomic mass is 9.83. The second-order valence-electron chi connectivity index (χ2n) is 22.3. The first-order valence-electron chi connectivity index (χ1n) is 27.1. The van der Waals surface area contributed by atoms with Gasteiger partial charge in [-0.3, -0.25) is 9.59 Å². The standard InChI is InChI=1S/C59H98N2O7/c1-43(2)24-21-25-45(5)26-22-27-46(6)28-23-35-59(11)36-34-53-50(10)55(47(7)48(8)56(53)68-59)67-54(62)29-17-16-19-38-61(58(64)66-41-39-60(12)13)37-18-14-15-20-40-65-57(63)49(9)52-32-30-51(31-33-52)42-44(3)4/h30-33,43-46,49H,14-29,34-42H2,1-13H3. The van der Waals surface area contributed by atoms with Gasteiger partial charge in [0.05, 0.1) is 12.5 Å². The lowest BCUT2D eigenvalue weighted by Gasteiger charge is -2.38. The quantitative estimate of drug-likeness (QED) is 0.0397. The zero-order valence-corrected chi connectivity index (χ0v) is 45.6. The Bertz CT molecular complexity index is 1790. The lowest BCUT2D eigenvalue weighted by molar-refractivity contribution is -0.145. The second-order valence-corrected chi connectivity index (χ2v) is 22.3. The van der Waals surface area contributed by atoms with Crippen LogP contribution in [0.3, 0.4) is 0 Å². The molecule has 0 N–H and O–H groups in total. The number of hydrogen-bond acceptors (Lipinski definition) is 8. The number of amides is 1. The molecule has 386 valence electrons. The highest BCUT2D eigenvalue weighted by Crippen LogP contribution is 2.45. The number of fused-ring (bicyclic) bond motifs is 1. The average Bonchev–Trinajstić information content (AvgIpc) is 3.27. The SMILES string of the molecule is Cc1c(C)c2c(c(C)c1OC(=O)CCCCCN(CCCCCCOC(=O)C(C)c1ccc(CC(C)C)cc1)C(=O)OCCN(C)C)CCC(C)(CCCC(C)CCCC(C)CCCC(C)C)O2. The summed E-state index contributed by atoms with van der Waals surface area (Å²) in [6.07, 6.45) is 20.2. The maximum atomic E-state index is 13.3. The van der Waals surface area contributed by atoms with Crippen molar-refractivity contribution < 1.29 is 33.3 Å². The highest BCUT2D eigenvalue weighted by atomic mass is 16.6. The van der Waals surface area contributed by atoms with Crippen molar-refractivity contribution in [3.8, 4) is 11.5 Å². The highest BCUT2D eigenvalue weighted by Gasteiger charge is 2.35. The third kappa shape index (κ3) is 21.6. The van der Waals surface area contributed by atoms with Crippen LogP contribution in [0.4, 0.5) is 4.79 Å². The van der Waals surface area contributed by atoms with Crippen LogP contribution in [0.5, 0.6) is 11.5 Å². The first-order valence-corrected chi connectivity index (χ1v) is 27.1. The van der Waals surface area contributed by atoms with E-state index in [9.17, 15) is 14.4 Å². The van der Waals surface area contributed by atoms with E-state index in [2.05, 4.69) is 74.4 Å². The van der Waals surface area contributed by atoms with Gasteiger partial charge in [-0.05, 0) is 164 Å². The van der Waals surface area contributed by atoms with Crippen LogP contribution in [0.25, 0.3) is 0 Å². The van der Waals surface area contributed by atoms with Gasteiger partial charge in [-0.1, -0.05) is 124 Å². The topological polar surface area (TPSA) is 94.6 Å². The summed E-state index contributed by atoms with van der Waals surface area (Å²) in [6.45, 7) is 26.9. The van der Waals surface area contributed by atoms with Gasteiger partial charge >= 0.3 is 18.0 Å². The van der Waals surface area contributed by atoms with E-state index in [1.54, 1.807) is 4.90 Å². The Kier molecular flexibility index (Phi) is 26.7. The van der Waals surface area contributed by atoms with Gasteiger partial charge in [0.15, 0.2) is 0 Å². The van der Waals surface area contributed by atoms with Crippen LogP contribution in [0.1, 0.15) is 210 Å².